The molecule has 4 N–H and O–H groups in total. The molecule has 0 spiro atoms. The van der Waals surface area contributed by atoms with Gasteiger partial charge in [0.1, 0.15) is 0 Å². The number of hydrogen-bond donors (Lipinski definition) is 3. The van der Waals surface area contributed by atoms with Crippen molar-refractivity contribution in [2.24, 2.45) is 5.84 Å². The molecule has 1 aromatic rings. The Balaban J connectivity index is 0.00000196. The standard InChI is InChI=1S/C10H15N3O.ClH/c1-7(2)8-5-3-4-6-9(8)12-10(14)13-11;/h3-7H,11H2,1-2H3,(H2,12,13,14);1H. The first-order chi connectivity index (χ1) is 6.65. The molecular weight excluding hydrogens is 214 g/mol. The fourth-order valence-electron chi connectivity index (χ4n) is 1.27. The molecular formula is C10H16ClN3O. The SMILES string of the molecule is CC(C)c1ccccc1NC(=O)NN.Cl. The third kappa shape index (κ3) is 3.77. The van der Waals surface area contributed by atoms with Crippen LogP contribution in [0.3, 0.4) is 0 Å². The van der Waals surface area contributed by atoms with Gasteiger partial charge in [-0.1, -0.05) is 32.0 Å². The highest BCUT2D eigenvalue weighted by atomic mass is 35.5. The van der Waals surface area contributed by atoms with Crippen molar-refractivity contribution in [3.05, 3.63) is 29.8 Å². The Morgan fingerprint density at radius 2 is 1.93 bits per heavy atom. The number of nitrogens with two attached hydrogens (primary N) is 1. The van der Waals surface area contributed by atoms with Crippen molar-refractivity contribution in [1.29, 1.82) is 0 Å². The van der Waals surface area contributed by atoms with Crippen LogP contribution in [0.5, 0.6) is 0 Å². The van der Waals surface area contributed by atoms with E-state index in [-0.39, 0.29) is 12.4 Å². The maximum Gasteiger partial charge on any atom is 0.333 e. The van der Waals surface area contributed by atoms with Crippen LogP contribution in [-0.4, -0.2) is 6.03 Å². The number of hydrogen-bond acceptors (Lipinski definition) is 2. The van der Waals surface area contributed by atoms with Crippen molar-refractivity contribution in [3.63, 3.8) is 0 Å². The molecule has 0 bridgehead atoms. The normalized spacial score (nSPS) is 9.33. The van der Waals surface area contributed by atoms with Crippen LogP contribution in [0.15, 0.2) is 24.3 Å². The fourth-order valence-corrected chi connectivity index (χ4v) is 1.27. The van der Waals surface area contributed by atoms with E-state index in [9.17, 15) is 4.79 Å². The number of benzene rings is 1. The minimum atomic E-state index is -0.405. The van der Waals surface area contributed by atoms with Gasteiger partial charge in [-0.25, -0.2) is 10.6 Å². The minimum Gasteiger partial charge on any atom is -0.307 e. The number of urea groups is 1. The summed E-state index contributed by atoms with van der Waals surface area (Å²) in [5.74, 6) is 5.35. The number of rotatable bonds is 2. The Morgan fingerprint density at radius 3 is 2.47 bits per heavy atom. The van der Waals surface area contributed by atoms with Gasteiger partial charge in [0.05, 0.1) is 0 Å². The van der Waals surface area contributed by atoms with Gasteiger partial charge in [-0.15, -0.1) is 12.4 Å². The molecule has 84 valence electrons. The van der Waals surface area contributed by atoms with Crippen molar-refractivity contribution in [3.8, 4) is 0 Å². The second kappa shape index (κ2) is 6.27. The molecule has 0 radical (unpaired) electrons. The van der Waals surface area contributed by atoms with Crippen molar-refractivity contribution < 1.29 is 4.79 Å². The molecule has 0 saturated carbocycles. The number of halogens is 1. The van der Waals surface area contributed by atoms with Crippen LogP contribution in [0.1, 0.15) is 25.3 Å². The average molecular weight is 230 g/mol. The topological polar surface area (TPSA) is 67.2 Å². The summed E-state index contributed by atoms with van der Waals surface area (Å²) < 4.78 is 0. The monoisotopic (exact) mass is 229 g/mol. The van der Waals surface area contributed by atoms with Crippen LogP contribution >= 0.6 is 12.4 Å². The highest BCUT2D eigenvalue weighted by Gasteiger charge is 2.07. The molecule has 0 heterocycles. The van der Waals surface area contributed by atoms with Gasteiger partial charge in [-0.3, -0.25) is 5.43 Å². The van der Waals surface area contributed by atoms with Crippen molar-refractivity contribution in [2.75, 3.05) is 5.32 Å². The lowest BCUT2D eigenvalue weighted by atomic mass is 10.0. The molecule has 4 nitrogen and oxygen atoms in total. The summed E-state index contributed by atoms with van der Waals surface area (Å²) in [4.78, 5) is 11.0. The first kappa shape index (κ1) is 13.7. The van der Waals surface area contributed by atoms with Gasteiger partial charge in [-0.2, -0.15) is 0 Å². The maximum atomic E-state index is 11.0. The van der Waals surface area contributed by atoms with Gasteiger partial charge in [0.2, 0.25) is 0 Å². The molecule has 0 aliphatic rings. The third-order valence-electron chi connectivity index (χ3n) is 1.96. The third-order valence-corrected chi connectivity index (χ3v) is 1.96. The van der Waals surface area contributed by atoms with E-state index in [1.54, 1.807) is 0 Å². The van der Waals surface area contributed by atoms with Gasteiger partial charge in [0, 0.05) is 5.69 Å². The molecule has 1 aromatic carbocycles. The lowest BCUT2D eigenvalue weighted by Gasteiger charge is -2.12. The number of hydrazine groups is 1. The van der Waals surface area contributed by atoms with Crippen LogP contribution in [0.25, 0.3) is 0 Å². The lowest BCUT2D eigenvalue weighted by molar-refractivity contribution is 0.252. The minimum absolute atomic E-state index is 0. The lowest BCUT2D eigenvalue weighted by Crippen LogP contribution is -2.34. The first-order valence-corrected chi connectivity index (χ1v) is 4.51. The molecule has 0 aliphatic heterocycles. The molecule has 0 aromatic heterocycles. The summed E-state index contributed by atoms with van der Waals surface area (Å²) in [6.07, 6.45) is 0. The van der Waals surface area contributed by atoms with Crippen molar-refractivity contribution in [1.82, 2.24) is 5.43 Å². The zero-order valence-electron chi connectivity index (χ0n) is 8.78. The van der Waals surface area contributed by atoms with Gasteiger partial charge in [-0.05, 0) is 17.5 Å². The number of carbonyl (C=O) groups excluding carboxylic acids is 1. The highest BCUT2D eigenvalue weighted by Crippen LogP contribution is 2.23. The van der Waals surface area contributed by atoms with E-state index in [4.69, 9.17) is 5.84 Å². The predicted octanol–water partition coefficient (Wildman–Crippen LogP) is 2.23. The summed E-state index contributed by atoms with van der Waals surface area (Å²) in [5.41, 5.74) is 3.92. The van der Waals surface area contributed by atoms with Gasteiger partial charge < -0.3 is 5.32 Å². The van der Waals surface area contributed by atoms with E-state index in [1.807, 2.05) is 29.7 Å². The smallest absolute Gasteiger partial charge is 0.307 e. The van der Waals surface area contributed by atoms with Crippen LogP contribution in [0.2, 0.25) is 0 Å². The number of anilines is 1. The van der Waals surface area contributed by atoms with Crippen LogP contribution in [-0.2, 0) is 0 Å². The fraction of sp³-hybridized carbons (Fsp3) is 0.300. The molecule has 2 amide bonds. The summed E-state index contributed by atoms with van der Waals surface area (Å²) in [6.45, 7) is 4.14. The van der Waals surface area contributed by atoms with E-state index in [0.29, 0.717) is 5.92 Å². The molecule has 1 rings (SSSR count). The predicted molar refractivity (Wildman–Crippen MR) is 64.1 cm³/mol. The Labute approximate surface area is 95.6 Å². The molecule has 5 heteroatoms. The Morgan fingerprint density at radius 1 is 1.33 bits per heavy atom. The number of carbonyl (C=O) groups is 1. The quantitative estimate of drug-likeness (QED) is 0.414. The van der Waals surface area contributed by atoms with E-state index in [1.165, 1.54) is 0 Å². The van der Waals surface area contributed by atoms with Crippen LogP contribution < -0.4 is 16.6 Å². The Hall–Kier alpha value is -1.26. The van der Waals surface area contributed by atoms with Crippen molar-refractivity contribution >= 4 is 24.1 Å². The zero-order valence-corrected chi connectivity index (χ0v) is 9.60. The Kier molecular flexibility index (Phi) is 5.74. The second-order valence-corrected chi connectivity index (χ2v) is 3.34. The summed E-state index contributed by atoms with van der Waals surface area (Å²) in [6, 6.07) is 7.25. The Bertz CT molecular complexity index is 328. The number of amides is 2. The number of nitrogens with one attached hydrogen (secondary N) is 2. The maximum absolute atomic E-state index is 11.0. The molecule has 0 unspecified atom stereocenters. The van der Waals surface area contributed by atoms with Gasteiger partial charge in [0.15, 0.2) is 0 Å². The summed E-state index contributed by atoms with van der Waals surface area (Å²) in [5, 5.41) is 2.67. The molecule has 0 saturated heterocycles. The first-order valence-electron chi connectivity index (χ1n) is 4.51. The van der Waals surface area contributed by atoms with E-state index in [0.717, 1.165) is 11.3 Å². The van der Waals surface area contributed by atoms with E-state index < -0.39 is 6.03 Å². The molecule has 0 fully saturated rings. The highest BCUT2D eigenvalue weighted by molar-refractivity contribution is 5.89. The van der Waals surface area contributed by atoms with E-state index >= 15 is 0 Å². The van der Waals surface area contributed by atoms with Gasteiger partial charge >= 0.3 is 6.03 Å². The number of para-hydroxylation sites is 1. The molecule has 15 heavy (non-hydrogen) atoms. The second-order valence-electron chi connectivity index (χ2n) is 3.34. The average Bonchev–Trinajstić information content (AvgIpc) is 2.18. The van der Waals surface area contributed by atoms with E-state index in [2.05, 4.69) is 19.2 Å². The molecule has 0 aliphatic carbocycles. The summed E-state index contributed by atoms with van der Waals surface area (Å²) >= 11 is 0. The molecule has 0 atom stereocenters. The van der Waals surface area contributed by atoms with Crippen LogP contribution in [0, 0.1) is 0 Å². The van der Waals surface area contributed by atoms with Crippen LogP contribution in [0.4, 0.5) is 10.5 Å². The summed E-state index contributed by atoms with van der Waals surface area (Å²) in [7, 11) is 0. The van der Waals surface area contributed by atoms with Crippen molar-refractivity contribution in [2.45, 2.75) is 19.8 Å². The zero-order chi connectivity index (χ0) is 10.6. The largest absolute Gasteiger partial charge is 0.333 e. The van der Waals surface area contributed by atoms with Gasteiger partial charge in [0.25, 0.3) is 0 Å².